The molecule has 0 aliphatic rings. The highest BCUT2D eigenvalue weighted by molar-refractivity contribution is 5.69. The summed E-state index contributed by atoms with van der Waals surface area (Å²) < 4.78 is 11.1. The summed E-state index contributed by atoms with van der Waals surface area (Å²) in [6.07, 6.45) is 41.6. The van der Waals surface area contributed by atoms with E-state index in [1.807, 2.05) is 0 Å². The number of hydrogen-bond donors (Lipinski definition) is 1. The van der Waals surface area contributed by atoms with E-state index in [4.69, 9.17) is 9.47 Å². The average Bonchev–Trinajstić information content (AvgIpc) is 3.01. The van der Waals surface area contributed by atoms with Crippen molar-refractivity contribution in [2.45, 2.75) is 225 Å². The van der Waals surface area contributed by atoms with Gasteiger partial charge in [0, 0.05) is 13.0 Å². The third kappa shape index (κ3) is 35.7. The van der Waals surface area contributed by atoms with E-state index < -0.39 is 6.10 Å². The summed E-state index contributed by atoms with van der Waals surface area (Å²) in [6.45, 7) is 5.37. The SMILES string of the molecule is CCCCCCCCCCCCCCCCCCCCCCCCOCC(CO)OC(=O)CCCCCCCCCCC. The first-order valence-electron chi connectivity index (χ1n) is 19.6. The van der Waals surface area contributed by atoms with Crippen molar-refractivity contribution in [3.8, 4) is 0 Å². The van der Waals surface area contributed by atoms with E-state index in [0.29, 0.717) is 19.6 Å². The largest absolute Gasteiger partial charge is 0.457 e. The van der Waals surface area contributed by atoms with Gasteiger partial charge in [0.2, 0.25) is 0 Å². The zero-order valence-corrected chi connectivity index (χ0v) is 29.5. The van der Waals surface area contributed by atoms with Gasteiger partial charge in [-0.3, -0.25) is 4.79 Å². The van der Waals surface area contributed by atoms with E-state index >= 15 is 0 Å². The molecule has 0 rings (SSSR count). The molecule has 1 N–H and O–H groups in total. The summed E-state index contributed by atoms with van der Waals surface area (Å²) in [7, 11) is 0. The first-order chi connectivity index (χ1) is 21.2. The predicted octanol–water partition coefficient (Wildman–Crippen LogP) is 12.4. The number of carbonyl (C=O) groups excluding carboxylic acids is 1. The van der Waals surface area contributed by atoms with Crippen LogP contribution in [0.3, 0.4) is 0 Å². The zero-order valence-electron chi connectivity index (χ0n) is 29.5. The Hall–Kier alpha value is -0.610. The van der Waals surface area contributed by atoms with Crippen molar-refractivity contribution < 1.29 is 19.4 Å². The minimum atomic E-state index is -0.522. The Morgan fingerprint density at radius 2 is 0.767 bits per heavy atom. The Balaban J connectivity index is 3.31. The van der Waals surface area contributed by atoms with E-state index in [2.05, 4.69) is 13.8 Å². The van der Waals surface area contributed by atoms with Crippen molar-refractivity contribution in [2.75, 3.05) is 19.8 Å². The summed E-state index contributed by atoms with van der Waals surface area (Å²) in [5.41, 5.74) is 0. The van der Waals surface area contributed by atoms with Gasteiger partial charge in [-0.05, 0) is 12.8 Å². The van der Waals surface area contributed by atoms with Crippen molar-refractivity contribution in [2.24, 2.45) is 0 Å². The van der Waals surface area contributed by atoms with Gasteiger partial charge in [-0.25, -0.2) is 0 Å². The minimum absolute atomic E-state index is 0.164. The molecule has 4 heteroatoms. The number of aliphatic hydroxyl groups is 1. The highest BCUT2D eigenvalue weighted by atomic mass is 16.6. The van der Waals surface area contributed by atoms with E-state index in [1.54, 1.807) is 0 Å². The predicted molar refractivity (Wildman–Crippen MR) is 187 cm³/mol. The van der Waals surface area contributed by atoms with Crippen molar-refractivity contribution in [1.82, 2.24) is 0 Å². The lowest BCUT2D eigenvalue weighted by atomic mass is 10.0. The first-order valence-corrected chi connectivity index (χ1v) is 19.6. The van der Waals surface area contributed by atoms with Crippen LogP contribution in [-0.4, -0.2) is 37.0 Å². The van der Waals surface area contributed by atoms with Gasteiger partial charge in [0.15, 0.2) is 0 Å². The molecule has 0 amide bonds. The highest BCUT2D eigenvalue weighted by Crippen LogP contribution is 2.16. The average molecular weight is 611 g/mol. The van der Waals surface area contributed by atoms with E-state index in [0.717, 1.165) is 19.3 Å². The maximum Gasteiger partial charge on any atom is 0.306 e. The normalized spacial score (nSPS) is 12.2. The summed E-state index contributed by atoms with van der Waals surface area (Å²) in [4.78, 5) is 12.1. The summed E-state index contributed by atoms with van der Waals surface area (Å²) in [5, 5.41) is 9.53. The molecule has 0 aliphatic heterocycles. The standard InChI is InChI=1S/C39H78O4/c1-3-5-7-9-11-13-14-15-16-17-18-19-20-21-22-23-24-25-27-29-31-33-35-42-37-38(36-40)43-39(41)34-32-30-28-26-12-10-8-6-4-2/h38,40H,3-37H2,1-2H3. The fourth-order valence-corrected chi connectivity index (χ4v) is 5.98. The smallest absolute Gasteiger partial charge is 0.306 e. The van der Waals surface area contributed by atoms with Crippen LogP contribution in [0.25, 0.3) is 0 Å². The van der Waals surface area contributed by atoms with Crippen LogP contribution in [0.2, 0.25) is 0 Å². The van der Waals surface area contributed by atoms with Gasteiger partial charge in [0.1, 0.15) is 6.10 Å². The molecule has 0 aromatic heterocycles. The van der Waals surface area contributed by atoms with Gasteiger partial charge in [-0.15, -0.1) is 0 Å². The summed E-state index contributed by atoms with van der Waals surface area (Å²) in [5.74, 6) is -0.199. The van der Waals surface area contributed by atoms with Gasteiger partial charge in [0.05, 0.1) is 13.2 Å². The van der Waals surface area contributed by atoms with Crippen LogP contribution >= 0.6 is 0 Å². The second-order valence-corrected chi connectivity index (χ2v) is 13.4. The Kier molecular flexibility index (Phi) is 37.0. The van der Waals surface area contributed by atoms with Gasteiger partial charge in [-0.2, -0.15) is 0 Å². The fourth-order valence-electron chi connectivity index (χ4n) is 5.98. The number of hydrogen-bond acceptors (Lipinski definition) is 4. The molecule has 0 spiro atoms. The van der Waals surface area contributed by atoms with Crippen LogP contribution in [0.4, 0.5) is 0 Å². The number of ether oxygens (including phenoxy) is 2. The highest BCUT2D eigenvalue weighted by Gasteiger charge is 2.13. The molecule has 0 saturated carbocycles. The zero-order chi connectivity index (χ0) is 31.3. The Labute approximate surface area is 270 Å². The molecule has 0 heterocycles. The number of unbranched alkanes of at least 4 members (excludes halogenated alkanes) is 29. The lowest BCUT2D eigenvalue weighted by Gasteiger charge is -2.16. The molecule has 1 atom stereocenters. The van der Waals surface area contributed by atoms with Gasteiger partial charge in [0.25, 0.3) is 0 Å². The molecule has 1 unspecified atom stereocenters. The van der Waals surface area contributed by atoms with Gasteiger partial charge >= 0.3 is 5.97 Å². The molecule has 258 valence electrons. The quantitative estimate of drug-likeness (QED) is 0.0561. The minimum Gasteiger partial charge on any atom is -0.457 e. The molecule has 0 bridgehead atoms. The van der Waals surface area contributed by atoms with Crippen LogP contribution in [-0.2, 0) is 14.3 Å². The lowest BCUT2D eigenvalue weighted by molar-refractivity contribution is -0.154. The maximum atomic E-state index is 12.1. The van der Waals surface area contributed by atoms with Crippen molar-refractivity contribution in [1.29, 1.82) is 0 Å². The monoisotopic (exact) mass is 611 g/mol. The molecule has 0 fully saturated rings. The first kappa shape index (κ1) is 42.4. The molecule has 0 aromatic carbocycles. The van der Waals surface area contributed by atoms with E-state index in [9.17, 15) is 9.90 Å². The Bertz CT molecular complexity index is 523. The van der Waals surface area contributed by atoms with E-state index in [1.165, 1.54) is 180 Å². The second-order valence-electron chi connectivity index (χ2n) is 13.4. The fraction of sp³-hybridized carbons (Fsp3) is 0.974. The van der Waals surface area contributed by atoms with Crippen molar-refractivity contribution in [3.63, 3.8) is 0 Å². The molecular weight excluding hydrogens is 532 g/mol. The molecular formula is C39H78O4. The third-order valence-corrected chi connectivity index (χ3v) is 8.93. The number of aliphatic hydroxyl groups excluding tert-OH is 1. The van der Waals surface area contributed by atoms with Crippen LogP contribution in [0, 0.1) is 0 Å². The summed E-state index contributed by atoms with van der Waals surface area (Å²) >= 11 is 0. The molecule has 0 saturated heterocycles. The number of carbonyl (C=O) groups is 1. The maximum absolute atomic E-state index is 12.1. The van der Waals surface area contributed by atoms with Crippen LogP contribution in [0.15, 0.2) is 0 Å². The van der Waals surface area contributed by atoms with Gasteiger partial charge < -0.3 is 14.6 Å². The van der Waals surface area contributed by atoms with E-state index in [-0.39, 0.29) is 12.6 Å². The lowest BCUT2D eigenvalue weighted by Crippen LogP contribution is -2.27. The molecule has 43 heavy (non-hydrogen) atoms. The number of esters is 1. The second kappa shape index (κ2) is 37.6. The van der Waals surface area contributed by atoms with Gasteiger partial charge in [-0.1, -0.05) is 200 Å². The Morgan fingerprint density at radius 3 is 1.09 bits per heavy atom. The van der Waals surface area contributed by atoms with Crippen molar-refractivity contribution in [3.05, 3.63) is 0 Å². The van der Waals surface area contributed by atoms with Crippen LogP contribution in [0.5, 0.6) is 0 Å². The number of rotatable bonds is 37. The topological polar surface area (TPSA) is 55.8 Å². The third-order valence-electron chi connectivity index (χ3n) is 8.93. The van der Waals surface area contributed by atoms with Crippen LogP contribution in [0.1, 0.15) is 219 Å². The molecule has 0 aliphatic carbocycles. The van der Waals surface area contributed by atoms with Crippen LogP contribution < -0.4 is 0 Å². The van der Waals surface area contributed by atoms with Crippen molar-refractivity contribution >= 4 is 5.97 Å². The Morgan fingerprint density at radius 1 is 0.465 bits per heavy atom. The molecule has 4 nitrogen and oxygen atoms in total. The molecule has 0 radical (unpaired) electrons. The molecule has 0 aromatic rings. The summed E-state index contributed by atoms with van der Waals surface area (Å²) in [6, 6.07) is 0.